The highest BCUT2D eigenvalue weighted by molar-refractivity contribution is 5.79. The standard InChI is InChI=1S/C8H10F2O/c1-4(11)5-2-6-7(3-5)8(6,9)10/h5-7H,2-3H2,1H3. The molecular weight excluding hydrogens is 150 g/mol. The van der Waals surface area contributed by atoms with E-state index in [9.17, 15) is 13.6 Å². The number of alkyl halides is 2. The maximum Gasteiger partial charge on any atom is 0.254 e. The predicted molar refractivity (Wildman–Crippen MR) is 35.3 cm³/mol. The molecule has 2 fully saturated rings. The highest BCUT2D eigenvalue weighted by Crippen LogP contribution is 2.65. The van der Waals surface area contributed by atoms with Gasteiger partial charge in [0.1, 0.15) is 5.78 Å². The van der Waals surface area contributed by atoms with Crippen LogP contribution < -0.4 is 0 Å². The van der Waals surface area contributed by atoms with Crippen LogP contribution in [0, 0.1) is 17.8 Å². The zero-order valence-electron chi connectivity index (χ0n) is 6.31. The molecule has 3 heteroatoms. The van der Waals surface area contributed by atoms with E-state index in [1.165, 1.54) is 6.92 Å². The van der Waals surface area contributed by atoms with Crippen molar-refractivity contribution in [1.82, 2.24) is 0 Å². The molecule has 2 atom stereocenters. The number of hydrogen-bond acceptors (Lipinski definition) is 1. The van der Waals surface area contributed by atoms with Crippen LogP contribution in [0.3, 0.4) is 0 Å². The lowest BCUT2D eigenvalue weighted by molar-refractivity contribution is -0.121. The second kappa shape index (κ2) is 1.82. The van der Waals surface area contributed by atoms with Crippen LogP contribution in [0.4, 0.5) is 8.78 Å². The first-order valence-electron chi connectivity index (χ1n) is 3.91. The van der Waals surface area contributed by atoms with E-state index in [1.807, 2.05) is 0 Å². The van der Waals surface area contributed by atoms with E-state index in [0.29, 0.717) is 12.8 Å². The summed E-state index contributed by atoms with van der Waals surface area (Å²) in [6.45, 7) is 1.49. The van der Waals surface area contributed by atoms with E-state index in [4.69, 9.17) is 0 Å². The molecular formula is C8H10F2O. The van der Waals surface area contributed by atoms with Crippen molar-refractivity contribution in [2.45, 2.75) is 25.7 Å². The van der Waals surface area contributed by atoms with Crippen molar-refractivity contribution in [2.75, 3.05) is 0 Å². The number of Topliss-reactive ketones (excluding diaryl/α,β-unsaturated/α-hetero) is 1. The predicted octanol–water partition coefficient (Wildman–Crippen LogP) is 1.87. The Balaban J connectivity index is 2.00. The molecule has 0 saturated heterocycles. The zero-order chi connectivity index (χ0) is 8.22. The molecule has 62 valence electrons. The normalized spacial score (nSPS) is 45.2. The Morgan fingerprint density at radius 3 is 2.18 bits per heavy atom. The second-order valence-corrected chi connectivity index (χ2v) is 3.67. The lowest BCUT2D eigenvalue weighted by Crippen LogP contribution is -2.13. The van der Waals surface area contributed by atoms with Gasteiger partial charge in [-0.1, -0.05) is 0 Å². The van der Waals surface area contributed by atoms with Gasteiger partial charge in [0.15, 0.2) is 0 Å². The van der Waals surface area contributed by atoms with E-state index in [0.717, 1.165) is 0 Å². The van der Waals surface area contributed by atoms with Gasteiger partial charge in [-0.3, -0.25) is 4.79 Å². The highest BCUT2D eigenvalue weighted by Gasteiger charge is 2.71. The van der Waals surface area contributed by atoms with Crippen molar-refractivity contribution in [3.8, 4) is 0 Å². The molecule has 1 nitrogen and oxygen atoms in total. The Morgan fingerprint density at radius 2 is 1.82 bits per heavy atom. The van der Waals surface area contributed by atoms with Crippen molar-refractivity contribution in [1.29, 1.82) is 0 Å². The summed E-state index contributed by atoms with van der Waals surface area (Å²) < 4.78 is 25.1. The van der Waals surface area contributed by atoms with Gasteiger partial charge in [-0.05, 0) is 19.8 Å². The van der Waals surface area contributed by atoms with Crippen molar-refractivity contribution < 1.29 is 13.6 Å². The first-order chi connectivity index (χ1) is 5.03. The van der Waals surface area contributed by atoms with Crippen LogP contribution in [0.1, 0.15) is 19.8 Å². The molecule has 11 heavy (non-hydrogen) atoms. The van der Waals surface area contributed by atoms with Crippen molar-refractivity contribution in [3.05, 3.63) is 0 Å². The van der Waals surface area contributed by atoms with Crippen molar-refractivity contribution >= 4 is 5.78 Å². The largest absolute Gasteiger partial charge is 0.300 e. The van der Waals surface area contributed by atoms with E-state index < -0.39 is 17.8 Å². The van der Waals surface area contributed by atoms with Gasteiger partial charge in [-0.2, -0.15) is 0 Å². The number of ketones is 1. The zero-order valence-corrected chi connectivity index (χ0v) is 6.31. The van der Waals surface area contributed by atoms with E-state index in [1.54, 1.807) is 0 Å². The third-order valence-electron chi connectivity index (χ3n) is 3.02. The van der Waals surface area contributed by atoms with E-state index >= 15 is 0 Å². The van der Waals surface area contributed by atoms with Crippen LogP contribution in [-0.2, 0) is 4.79 Å². The molecule has 0 aromatic heterocycles. The first-order valence-corrected chi connectivity index (χ1v) is 3.91. The summed E-state index contributed by atoms with van der Waals surface area (Å²) >= 11 is 0. The Morgan fingerprint density at radius 1 is 1.36 bits per heavy atom. The molecule has 2 saturated carbocycles. The summed E-state index contributed by atoms with van der Waals surface area (Å²) in [6, 6.07) is 0. The maximum absolute atomic E-state index is 12.6. The van der Waals surface area contributed by atoms with Crippen LogP contribution in [-0.4, -0.2) is 11.7 Å². The average Bonchev–Trinajstić information content (AvgIpc) is 2.28. The molecule has 0 bridgehead atoms. The topological polar surface area (TPSA) is 17.1 Å². The van der Waals surface area contributed by atoms with Gasteiger partial charge < -0.3 is 0 Å². The number of rotatable bonds is 1. The smallest absolute Gasteiger partial charge is 0.254 e. The summed E-state index contributed by atoms with van der Waals surface area (Å²) in [5, 5.41) is 0. The van der Waals surface area contributed by atoms with Gasteiger partial charge in [0.2, 0.25) is 0 Å². The molecule has 0 amide bonds. The van der Waals surface area contributed by atoms with Crippen LogP contribution in [0.25, 0.3) is 0 Å². The molecule has 2 rings (SSSR count). The molecule has 2 aliphatic carbocycles. The Hall–Kier alpha value is -0.470. The number of carbonyl (C=O) groups is 1. The van der Waals surface area contributed by atoms with Crippen LogP contribution in [0.15, 0.2) is 0 Å². The van der Waals surface area contributed by atoms with Gasteiger partial charge in [0.25, 0.3) is 5.92 Å². The molecule has 2 aliphatic rings. The molecule has 0 spiro atoms. The summed E-state index contributed by atoms with van der Waals surface area (Å²) in [5.41, 5.74) is 0. The average molecular weight is 160 g/mol. The van der Waals surface area contributed by atoms with Crippen molar-refractivity contribution in [3.63, 3.8) is 0 Å². The second-order valence-electron chi connectivity index (χ2n) is 3.67. The fraction of sp³-hybridized carbons (Fsp3) is 0.875. The van der Waals surface area contributed by atoms with Crippen LogP contribution in [0.2, 0.25) is 0 Å². The lowest BCUT2D eigenvalue weighted by Gasteiger charge is -2.09. The summed E-state index contributed by atoms with van der Waals surface area (Å²) in [6.07, 6.45) is 0.847. The minimum atomic E-state index is -2.42. The van der Waals surface area contributed by atoms with E-state index in [-0.39, 0.29) is 11.7 Å². The van der Waals surface area contributed by atoms with Gasteiger partial charge in [0.05, 0.1) is 0 Å². The highest BCUT2D eigenvalue weighted by atomic mass is 19.3. The molecule has 2 unspecified atom stereocenters. The molecule has 0 aromatic carbocycles. The fourth-order valence-corrected chi connectivity index (χ4v) is 2.14. The lowest BCUT2D eigenvalue weighted by atomic mass is 9.99. The quantitative estimate of drug-likeness (QED) is 0.572. The molecule has 0 radical (unpaired) electrons. The number of halogens is 2. The summed E-state index contributed by atoms with van der Waals surface area (Å²) in [4.78, 5) is 10.8. The molecule has 0 N–H and O–H groups in total. The summed E-state index contributed by atoms with van der Waals surface area (Å²) in [5.74, 6) is -3.34. The minimum Gasteiger partial charge on any atom is -0.300 e. The van der Waals surface area contributed by atoms with Crippen LogP contribution >= 0.6 is 0 Å². The van der Waals surface area contributed by atoms with E-state index in [2.05, 4.69) is 0 Å². The fourth-order valence-electron chi connectivity index (χ4n) is 2.14. The third kappa shape index (κ3) is 0.829. The Labute approximate surface area is 63.8 Å². The number of carbonyl (C=O) groups excluding carboxylic acids is 1. The third-order valence-corrected chi connectivity index (χ3v) is 3.02. The Bertz CT molecular complexity index is 198. The monoisotopic (exact) mass is 160 g/mol. The number of fused-ring (bicyclic) bond motifs is 1. The van der Waals surface area contributed by atoms with Crippen molar-refractivity contribution in [2.24, 2.45) is 17.8 Å². The number of hydrogen-bond donors (Lipinski definition) is 0. The Kier molecular flexibility index (Phi) is 1.19. The molecule has 0 aromatic rings. The minimum absolute atomic E-state index is 0.0652. The van der Waals surface area contributed by atoms with Gasteiger partial charge >= 0.3 is 0 Å². The SMILES string of the molecule is CC(=O)C1CC2C(C1)C2(F)F. The molecule has 0 aliphatic heterocycles. The van der Waals surface area contributed by atoms with Crippen LogP contribution in [0.5, 0.6) is 0 Å². The molecule has 0 heterocycles. The maximum atomic E-state index is 12.6. The van der Waals surface area contributed by atoms with Gasteiger partial charge in [0, 0.05) is 17.8 Å². The van der Waals surface area contributed by atoms with Gasteiger partial charge in [-0.25, -0.2) is 8.78 Å². The summed E-state index contributed by atoms with van der Waals surface area (Å²) in [7, 11) is 0. The first kappa shape index (κ1) is 7.19. The van der Waals surface area contributed by atoms with Gasteiger partial charge in [-0.15, -0.1) is 0 Å².